The van der Waals surface area contributed by atoms with E-state index in [-0.39, 0.29) is 0 Å². The average Bonchev–Trinajstić information content (AvgIpc) is 2.25. The van der Waals surface area contributed by atoms with Crippen LogP contribution < -0.4 is 4.74 Å². The quantitative estimate of drug-likeness (QED) is 0.770. The van der Waals surface area contributed by atoms with Crippen LogP contribution in [0, 0.1) is 17.2 Å². The molecular formula is C14H19NO. The molecule has 1 rings (SSSR count). The summed E-state index contributed by atoms with van der Waals surface area (Å²) in [7, 11) is 0. The van der Waals surface area contributed by atoms with Crippen LogP contribution >= 0.6 is 0 Å². The molecule has 0 aliphatic carbocycles. The van der Waals surface area contributed by atoms with Crippen LogP contribution in [0.25, 0.3) is 0 Å². The third-order valence-electron chi connectivity index (χ3n) is 2.33. The monoisotopic (exact) mass is 217 g/mol. The van der Waals surface area contributed by atoms with Gasteiger partial charge in [0.15, 0.2) is 0 Å². The predicted octanol–water partition coefficient (Wildman–Crippen LogP) is 3.72. The number of benzene rings is 1. The molecule has 0 saturated heterocycles. The van der Waals surface area contributed by atoms with Gasteiger partial charge in [-0.3, -0.25) is 0 Å². The van der Waals surface area contributed by atoms with Gasteiger partial charge in [0.25, 0.3) is 0 Å². The lowest BCUT2D eigenvalue weighted by atomic mass is 10.00. The second-order valence-electron chi connectivity index (χ2n) is 4.72. The Morgan fingerprint density at radius 1 is 1.25 bits per heavy atom. The van der Waals surface area contributed by atoms with E-state index in [1.807, 2.05) is 18.2 Å². The van der Waals surface area contributed by atoms with Crippen molar-refractivity contribution in [3.8, 4) is 11.8 Å². The van der Waals surface area contributed by atoms with Crippen LogP contribution in [0.3, 0.4) is 0 Å². The molecule has 0 radical (unpaired) electrons. The smallest absolute Gasteiger partial charge is 0.122 e. The van der Waals surface area contributed by atoms with Gasteiger partial charge in [-0.05, 0) is 35.6 Å². The van der Waals surface area contributed by atoms with Crippen molar-refractivity contribution in [2.45, 2.75) is 33.6 Å². The van der Waals surface area contributed by atoms with E-state index < -0.39 is 0 Å². The first kappa shape index (κ1) is 12.6. The van der Waals surface area contributed by atoms with Gasteiger partial charge in [-0.2, -0.15) is 5.26 Å². The molecule has 0 aliphatic heterocycles. The summed E-state index contributed by atoms with van der Waals surface area (Å²) in [4.78, 5) is 0. The number of rotatable bonds is 4. The lowest BCUT2D eigenvalue weighted by Crippen LogP contribution is -2.06. The molecule has 0 heterocycles. The molecule has 16 heavy (non-hydrogen) atoms. The minimum absolute atomic E-state index is 0.371. The van der Waals surface area contributed by atoms with Crippen molar-refractivity contribution in [2.24, 2.45) is 5.92 Å². The van der Waals surface area contributed by atoms with Crippen molar-refractivity contribution in [3.05, 3.63) is 29.3 Å². The van der Waals surface area contributed by atoms with Gasteiger partial charge in [0.2, 0.25) is 0 Å². The van der Waals surface area contributed by atoms with E-state index in [1.165, 1.54) is 0 Å². The van der Waals surface area contributed by atoms with Gasteiger partial charge in [0, 0.05) is 0 Å². The molecule has 2 heteroatoms. The molecule has 1 aromatic rings. The summed E-state index contributed by atoms with van der Waals surface area (Å²) >= 11 is 0. The number of hydrogen-bond donors (Lipinski definition) is 0. The van der Waals surface area contributed by atoms with Gasteiger partial charge in [-0.1, -0.05) is 27.7 Å². The van der Waals surface area contributed by atoms with Crippen molar-refractivity contribution in [1.29, 1.82) is 5.26 Å². The molecular weight excluding hydrogens is 198 g/mol. The van der Waals surface area contributed by atoms with E-state index >= 15 is 0 Å². The van der Waals surface area contributed by atoms with Gasteiger partial charge in [0.05, 0.1) is 18.2 Å². The Hall–Kier alpha value is -1.49. The lowest BCUT2D eigenvalue weighted by Gasteiger charge is -2.15. The molecule has 0 fully saturated rings. The Morgan fingerprint density at radius 3 is 2.44 bits per heavy atom. The summed E-state index contributed by atoms with van der Waals surface area (Å²) in [6.45, 7) is 9.18. The third kappa shape index (κ3) is 3.27. The Labute approximate surface area is 97.9 Å². The molecule has 86 valence electrons. The second-order valence-corrected chi connectivity index (χ2v) is 4.72. The van der Waals surface area contributed by atoms with Crippen LogP contribution in [-0.4, -0.2) is 6.61 Å². The van der Waals surface area contributed by atoms with E-state index in [2.05, 4.69) is 33.8 Å². The summed E-state index contributed by atoms with van der Waals surface area (Å²) < 4.78 is 5.75. The highest BCUT2D eigenvalue weighted by Gasteiger charge is 2.09. The molecule has 0 saturated carbocycles. The highest BCUT2D eigenvalue weighted by atomic mass is 16.5. The van der Waals surface area contributed by atoms with Crippen LogP contribution in [0.1, 0.15) is 44.7 Å². The zero-order valence-electron chi connectivity index (χ0n) is 10.4. The second kappa shape index (κ2) is 5.55. The van der Waals surface area contributed by atoms with E-state index in [4.69, 9.17) is 10.00 Å². The van der Waals surface area contributed by atoms with Crippen molar-refractivity contribution in [1.82, 2.24) is 0 Å². The molecule has 0 spiro atoms. The van der Waals surface area contributed by atoms with Crippen molar-refractivity contribution in [3.63, 3.8) is 0 Å². The predicted molar refractivity (Wildman–Crippen MR) is 65.6 cm³/mol. The molecule has 0 aromatic heterocycles. The fourth-order valence-electron chi connectivity index (χ4n) is 1.46. The number of hydrogen-bond acceptors (Lipinski definition) is 2. The highest BCUT2D eigenvalue weighted by Crippen LogP contribution is 2.27. The molecule has 0 bridgehead atoms. The SMILES string of the molecule is CC(C)COc1ccc(C#N)cc1C(C)C. The fraction of sp³-hybridized carbons (Fsp3) is 0.500. The van der Waals surface area contributed by atoms with Crippen molar-refractivity contribution in [2.75, 3.05) is 6.61 Å². The molecule has 1 aromatic carbocycles. The first-order valence-electron chi connectivity index (χ1n) is 5.71. The van der Waals surface area contributed by atoms with Crippen LogP contribution in [0.5, 0.6) is 5.75 Å². The lowest BCUT2D eigenvalue weighted by molar-refractivity contribution is 0.268. The fourth-order valence-corrected chi connectivity index (χ4v) is 1.46. The summed E-state index contributed by atoms with van der Waals surface area (Å²) in [5.74, 6) is 1.79. The number of nitrogens with zero attached hydrogens (tertiary/aromatic N) is 1. The Morgan fingerprint density at radius 2 is 1.94 bits per heavy atom. The van der Waals surface area contributed by atoms with E-state index in [0.717, 1.165) is 11.3 Å². The Kier molecular flexibility index (Phi) is 4.37. The van der Waals surface area contributed by atoms with Crippen LogP contribution in [0.2, 0.25) is 0 Å². The topological polar surface area (TPSA) is 33.0 Å². The molecule has 0 unspecified atom stereocenters. The minimum atomic E-state index is 0.371. The summed E-state index contributed by atoms with van der Waals surface area (Å²) in [6, 6.07) is 7.78. The average molecular weight is 217 g/mol. The number of ether oxygens (including phenoxy) is 1. The molecule has 0 N–H and O–H groups in total. The summed E-state index contributed by atoms with van der Waals surface area (Å²) in [5, 5.41) is 8.86. The summed E-state index contributed by atoms with van der Waals surface area (Å²) in [6.07, 6.45) is 0. The standard InChI is InChI=1S/C14H19NO/c1-10(2)9-16-14-6-5-12(8-15)7-13(14)11(3)4/h5-7,10-11H,9H2,1-4H3. The van der Waals surface area contributed by atoms with Gasteiger partial charge >= 0.3 is 0 Å². The molecule has 0 aliphatic rings. The molecule has 0 amide bonds. The largest absolute Gasteiger partial charge is 0.493 e. The van der Waals surface area contributed by atoms with Gasteiger partial charge in [-0.25, -0.2) is 0 Å². The maximum Gasteiger partial charge on any atom is 0.122 e. The summed E-state index contributed by atoms with van der Waals surface area (Å²) in [5.41, 5.74) is 1.81. The zero-order valence-corrected chi connectivity index (χ0v) is 10.4. The van der Waals surface area contributed by atoms with Crippen molar-refractivity contribution < 1.29 is 4.74 Å². The molecule has 2 nitrogen and oxygen atoms in total. The first-order valence-corrected chi connectivity index (χ1v) is 5.71. The first-order chi connectivity index (χ1) is 7.54. The highest BCUT2D eigenvalue weighted by molar-refractivity contribution is 5.43. The van der Waals surface area contributed by atoms with Crippen LogP contribution in [0.15, 0.2) is 18.2 Å². The van der Waals surface area contributed by atoms with Gasteiger partial charge < -0.3 is 4.74 Å². The molecule has 0 atom stereocenters. The minimum Gasteiger partial charge on any atom is -0.493 e. The third-order valence-corrected chi connectivity index (χ3v) is 2.33. The maximum absolute atomic E-state index is 8.86. The van der Waals surface area contributed by atoms with E-state index in [9.17, 15) is 0 Å². The van der Waals surface area contributed by atoms with Crippen LogP contribution in [0.4, 0.5) is 0 Å². The normalized spacial score (nSPS) is 10.6. The zero-order chi connectivity index (χ0) is 12.1. The number of nitriles is 1. The van der Waals surface area contributed by atoms with Crippen LogP contribution in [-0.2, 0) is 0 Å². The van der Waals surface area contributed by atoms with E-state index in [0.29, 0.717) is 24.0 Å². The van der Waals surface area contributed by atoms with Gasteiger partial charge in [0.1, 0.15) is 5.75 Å². The maximum atomic E-state index is 8.86. The van der Waals surface area contributed by atoms with Gasteiger partial charge in [-0.15, -0.1) is 0 Å². The van der Waals surface area contributed by atoms with Crippen molar-refractivity contribution >= 4 is 0 Å². The Bertz CT molecular complexity index is 388. The Balaban J connectivity index is 2.95. The van der Waals surface area contributed by atoms with E-state index in [1.54, 1.807) is 0 Å².